The molecule has 2 fully saturated rings. The van der Waals surface area contributed by atoms with E-state index in [2.05, 4.69) is 23.5 Å². The van der Waals surface area contributed by atoms with E-state index in [0.29, 0.717) is 5.92 Å². The molecular formula is C23H24N2O2. The van der Waals surface area contributed by atoms with Gasteiger partial charge in [-0.2, -0.15) is 0 Å². The SMILES string of the molecule is O=C(Nc1ccc2c(c1)N(C(=O)C1CC1)CCC2)C1CC1c1ccccc1. The smallest absolute Gasteiger partial charge is 0.230 e. The molecule has 5 rings (SSSR count). The van der Waals surface area contributed by atoms with E-state index < -0.39 is 0 Å². The molecule has 27 heavy (non-hydrogen) atoms. The summed E-state index contributed by atoms with van der Waals surface area (Å²) in [6.45, 7) is 0.790. The van der Waals surface area contributed by atoms with E-state index in [0.717, 1.165) is 50.0 Å². The van der Waals surface area contributed by atoms with Gasteiger partial charge in [0.15, 0.2) is 0 Å². The lowest BCUT2D eigenvalue weighted by molar-refractivity contribution is -0.120. The maximum absolute atomic E-state index is 12.7. The maximum Gasteiger partial charge on any atom is 0.230 e. The third-order valence-corrected chi connectivity index (χ3v) is 6.02. The number of fused-ring (bicyclic) bond motifs is 1. The van der Waals surface area contributed by atoms with Crippen LogP contribution in [0.5, 0.6) is 0 Å². The third-order valence-electron chi connectivity index (χ3n) is 6.02. The number of hydrogen-bond donors (Lipinski definition) is 1. The predicted molar refractivity (Wildman–Crippen MR) is 106 cm³/mol. The largest absolute Gasteiger partial charge is 0.326 e. The summed E-state index contributed by atoms with van der Waals surface area (Å²) in [4.78, 5) is 27.2. The molecule has 2 aliphatic carbocycles. The van der Waals surface area contributed by atoms with E-state index >= 15 is 0 Å². The van der Waals surface area contributed by atoms with Crippen LogP contribution in [0, 0.1) is 11.8 Å². The van der Waals surface area contributed by atoms with Gasteiger partial charge in [-0.05, 0) is 61.3 Å². The molecule has 2 saturated carbocycles. The highest BCUT2D eigenvalue weighted by molar-refractivity contribution is 5.99. The summed E-state index contributed by atoms with van der Waals surface area (Å²) >= 11 is 0. The van der Waals surface area contributed by atoms with Gasteiger partial charge in [-0.1, -0.05) is 36.4 Å². The second-order valence-electron chi connectivity index (χ2n) is 8.06. The Morgan fingerprint density at radius 3 is 2.63 bits per heavy atom. The normalized spacial score (nSPS) is 23.5. The van der Waals surface area contributed by atoms with Crippen molar-refractivity contribution in [2.75, 3.05) is 16.8 Å². The van der Waals surface area contributed by atoms with Crippen molar-refractivity contribution in [2.45, 2.75) is 38.0 Å². The summed E-state index contributed by atoms with van der Waals surface area (Å²) in [6.07, 6.45) is 4.95. The fourth-order valence-corrected chi connectivity index (χ4v) is 4.22. The lowest BCUT2D eigenvalue weighted by Gasteiger charge is -2.30. The van der Waals surface area contributed by atoms with Crippen molar-refractivity contribution in [3.63, 3.8) is 0 Å². The van der Waals surface area contributed by atoms with Crippen molar-refractivity contribution in [3.8, 4) is 0 Å². The lowest BCUT2D eigenvalue weighted by atomic mass is 10.0. The van der Waals surface area contributed by atoms with Crippen molar-refractivity contribution < 1.29 is 9.59 Å². The Morgan fingerprint density at radius 1 is 1.04 bits per heavy atom. The predicted octanol–water partition coefficient (Wildman–Crippen LogP) is 4.12. The number of carbonyl (C=O) groups excluding carboxylic acids is 2. The summed E-state index contributed by atoms with van der Waals surface area (Å²) in [5, 5.41) is 3.08. The van der Waals surface area contributed by atoms with Gasteiger partial charge < -0.3 is 10.2 Å². The first-order valence-electron chi connectivity index (χ1n) is 10.0. The number of amides is 2. The number of carbonyl (C=O) groups is 2. The number of aryl methyl sites for hydroxylation is 1. The first-order chi connectivity index (χ1) is 13.2. The van der Waals surface area contributed by atoms with Crippen LogP contribution in [0.4, 0.5) is 11.4 Å². The van der Waals surface area contributed by atoms with Crippen molar-refractivity contribution in [3.05, 3.63) is 59.7 Å². The Bertz CT molecular complexity index is 889. The van der Waals surface area contributed by atoms with Crippen molar-refractivity contribution in [1.82, 2.24) is 0 Å². The van der Waals surface area contributed by atoms with Crippen molar-refractivity contribution in [2.24, 2.45) is 11.8 Å². The van der Waals surface area contributed by atoms with E-state index in [4.69, 9.17) is 0 Å². The van der Waals surface area contributed by atoms with Crippen LogP contribution in [0.15, 0.2) is 48.5 Å². The molecule has 4 nitrogen and oxygen atoms in total. The highest BCUT2D eigenvalue weighted by atomic mass is 16.2. The summed E-state index contributed by atoms with van der Waals surface area (Å²) in [6, 6.07) is 16.3. The number of rotatable bonds is 4. The first-order valence-corrected chi connectivity index (χ1v) is 10.0. The lowest BCUT2D eigenvalue weighted by Crippen LogP contribution is -2.36. The minimum absolute atomic E-state index is 0.0487. The molecule has 0 bridgehead atoms. The monoisotopic (exact) mass is 360 g/mol. The zero-order valence-corrected chi connectivity index (χ0v) is 15.4. The highest BCUT2D eigenvalue weighted by Gasteiger charge is 2.44. The molecule has 0 aromatic heterocycles. The fourth-order valence-electron chi connectivity index (χ4n) is 4.22. The maximum atomic E-state index is 12.7. The van der Waals surface area contributed by atoms with E-state index in [1.165, 1.54) is 11.1 Å². The molecule has 0 radical (unpaired) electrons. The van der Waals surface area contributed by atoms with E-state index in [-0.39, 0.29) is 23.7 Å². The molecule has 1 aliphatic heterocycles. The average molecular weight is 360 g/mol. The Balaban J connectivity index is 1.31. The second kappa shape index (κ2) is 6.52. The summed E-state index contributed by atoms with van der Waals surface area (Å²) in [5.41, 5.74) is 4.24. The number of hydrogen-bond acceptors (Lipinski definition) is 2. The van der Waals surface area contributed by atoms with E-state index in [1.54, 1.807) is 0 Å². The van der Waals surface area contributed by atoms with Crippen molar-refractivity contribution in [1.29, 1.82) is 0 Å². The molecule has 2 unspecified atom stereocenters. The van der Waals surface area contributed by atoms with E-state index in [9.17, 15) is 9.59 Å². The van der Waals surface area contributed by atoms with Gasteiger partial charge in [-0.15, -0.1) is 0 Å². The molecule has 1 N–H and O–H groups in total. The van der Waals surface area contributed by atoms with Crippen LogP contribution >= 0.6 is 0 Å². The van der Waals surface area contributed by atoms with Gasteiger partial charge in [0.05, 0.1) is 0 Å². The standard InChI is InChI=1S/C23H24N2O2/c26-22(20-14-19(20)15-5-2-1-3-6-15)24-18-11-10-16-7-4-12-25(21(16)13-18)23(27)17-8-9-17/h1-3,5-6,10-11,13,17,19-20H,4,7-9,12,14H2,(H,24,26). The zero-order valence-electron chi connectivity index (χ0n) is 15.4. The van der Waals surface area contributed by atoms with Gasteiger partial charge in [0.25, 0.3) is 0 Å². The van der Waals surface area contributed by atoms with Gasteiger partial charge in [0.2, 0.25) is 11.8 Å². The van der Waals surface area contributed by atoms with Crippen molar-refractivity contribution >= 4 is 23.2 Å². The van der Waals surface area contributed by atoms with Crippen LogP contribution in [0.1, 0.15) is 42.7 Å². The van der Waals surface area contributed by atoms with E-state index in [1.807, 2.05) is 35.2 Å². The van der Waals surface area contributed by atoms with Gasteiger partial charge in [-0.3, -0.25) is 9.59 Å². The Morgan fingerprint density at radius 2 is 1.85 bits per heavy atom. The van der Waals surface area contributed by atoms with Gasteiger partial charge in [0.1, 0.15) is 0 Å². The van der Waals surface area contributed by atoms with Crippen LogP contribution in [0.2, 0.25) is 0 Å². The highest BCUT2D eigenvalue weighted by Crippen LogP contribution is 2.48. The number of anilines is 2. The quantitative estimate of drug-likeness (QED) is 0.892. The van der Waals surface area contributed by atoms with Crippen LogP contribution in [-0.4, -0.2) is 18.4 Å². The summed E-state index contributed by atoms with van der Waals surface area (Å²) in [5.74, 6) is 0.933. The Hall–Kier alpha value is -2.62. The van der Waals surface area contributed by atoms with Crippen LogP contribution < -0.4 is 10.2 Å². The van der Waals surface area contributed by atoms with Crippen LogP contribution in [0.3, 0.4) is 0 Å². The van der Waals surface area contributed by atoms with Gasteiger partial charge in [0, 0.05) is 29.8 Å². The number of benzene rings is 2. The van der Waals surface area contributed by atoms with Crippen LogP contribution in [0.25, 0.3) is 0 Å². The topological polar surface area (TPSA) is 49.4 Å². The molecule has 138 valence electrons. The number of nitrogens with zero attached hydrogens (tertiary/aromatic N) is 1. The second-order valence-corrected chi connectivity index (χ2v) is 8.06. The molecule has 2 amide bonds. The zero-order chi connectivity index (χ0) is 18.4. The molecule has 4 heteroatoms. The number of nitrogens with one attached hydrogen (secondary N) is 1. The van der Waals surface area contributed by atoms with Gasteiger partial charge >= 0.3 is 0 Å². The third kappa shape index (κ3) is 3.25. The molecule has 2 aromatic carbocycles. The average Bonchev–Trinajstić information content (AvgIpc) is 3.60. The molecule has 0 spiro atoms. The molecule has 0 saturated heterocycles. The minimum atomic E-state index is 0.0487. The molecule has 2 atom stereocenters. The molecular weight excluding hydrogens is 336 g/mol. The molecule has 2 aromatic rings. The van der Waals surface area contributed by atoms with Gasteiger partial charge in [-0.25, -0.2) is 0 Å². The Kier molecular flexibility index (Phi) is 4.00. The molecule has 3 aliphatic rings. The summed E-state index contributed by atoms with van der Waals surface area (Å²) in [7, 11) is 0. The minimum Gasteiger partial charge on any atom is -0.326 e. The molecule has 1 heterocycles. The fraction of sp³-hybridized carbons (Fsp3) is 0.391. The first kappa shape index (κ1) is 16.5. The summed E-state index contributed by atoms with van der Waals surface area (Å²) < 4.78 is 0. The van der Waals surface area contributed by atoms with Crippen LogP contribution in [-0.2, 0) is 16.0 Å². The Labute approximate surface area is 159 Å².